The molecule has 0 bridgehead atoms. The van der Waals surface area contributed by atoms with Crippen LogP contribution in [0.5, 0.6) is 5.75 Å². The van der Waals surface area contributed by atoms with Gasteiger partial charge in [-0.1, -0.05) is 76.6 Å². The molecule has 0 spiro atoms. The molecule has 0 unspecified atom stereocenters. The van der Waals surface area contributed by atoms with Crippen molar-refractivity contribution >= 4 is 40.1 Å². The zero-order valence-corrected chi connectivity index (χ0v) is 20.5. The second-order valence-electron chi connectivity index (χ2n) is 7.59. The van der Waals surface area contributed by atoms with Crippen molar-refractivity contribution in [3.63, 3.8) is 0 Å². The minimum Gasteiger partial charge on any atom is -0.465 e. The third-order valence-electron chi connectivity index (χ3n) is 5.19. The largest absolute Gasteiger partial charge is 0.465 e. The van der Waals surface area contributed by atoms with Gasteiger partial charge in [-0.05, 0) is 47.5 Å². The third kappa shape index (κ3) is 5.86. The van der Waals surface area contributed by atoms with E-state index in [1.807, 2.05) is 0 Å². The maximum absolute atomic E-state index is 13.2. The zero-order valence-electron chi connectivity index (χ0n) is 18.9. The SMILES string of the molecule is O=C(C=Cc1ccco1)Oc1ccc(Br)cc1C=NNC(=O)C(O)(c1ccccc1)c1ccccc1. The molecule has 4 aromatic rings. The van der Waals surface area contributed by atoms with Crippen molar-refractivity contribution in [3.8, 4) is 5.75 Å². The Morgan fingerprint density at radius 1 is 0.944 bits per heavy atom. The molecule has 0 atom stereocenters. The lowest BCUT2D eigenvalue weighted by Gasteiger charge is -2.27. The van der Waals surface area contributed by atoms with E-state index in [2.05, 4.69) is 26.5 Å². The Morgan fingerprint density at radius 3 is 2.22 bits per heavy atom. The van der Waals surface area contributed by atoms with Gasteiger partial charge in [-0.15, -0.1) is 0 Å². The Kier molecular flexibility index (Phi) is 7.89. The van der Waals surface area contributed by atoms with Gasteiger partial charge in [0.15, 0.2) is 5.60 Å². The van der Waals surface area contributed by atoms with Gasteiger partial charge >= 0.3 is 5.97 Å². The topological polar surface area (TPSA) is 101 Å². The number of amides is 1. The number of carbonyl (C=O) groups excluding carboxylic acids is 2. The first-order chi connectivity index (χ1) is 17.5. The van der Waals surface area contributed by atoms with Crippen LogP contribution in [-0.2, 0) is 15.2 Å². The number of ether oxygens (including phenoxy) is 1. The number of nitrogens with zero attached hydrogens (tertiary/aromatic N) is 1. The molecule has 4 rings (SSSR count). The molecule has 0 aliphatic rings. The lowest BCUT2D eigenvalue weighted by atomic mass is 9.85. The Bertz CT molecular complexity index is 1340. The van der Waals surface area contributed by atoms with Crippen LogP contribution in [-0.4, -0.2) is 23.2 Å². The lowest BCUT2D eigenvalue weighted by Crippen LogP contribution is -2.43. The molecule has 3 aromatic carbocycles. The standard InChI is InChI=1S/C28H21BrN2O5/c29-23-13-15-25(36-26(32)16-14-24-12-7-17-35-24)20(18-23)19-30-31-27(33)28(34,21-8-3-1-4-9-21)22-10-5-2-6-11-22/h1-19,34H,(H,31,33). The molecule has 36 heavy (non-hydrogen) atoms. The highest BCUT2D eigenvalue weighted by Crippen LogP contribution is 2.30. The van der Waals surface area contributed by atoms with E-state index < -0.39 is 17.5 Å². The summed E-state index contributed by atoms with van der Waals surface area (Å²) in [6.07, 6.45) is 5.56. The Balaban J connectivity index is 1.53. The van der Waals surface area contributed by atoms with Crippen molar-refractivity contribution in [2.45, 2.75) is 5.60 Å². The fourth-order valence-corrected chi connectivity index (χ4v) is 3.80. The molecule has 0 saturated carbocycles. The van der Waals surface area contributed by atoms with E-state index in [0.29, 0.717) is 26.9 Å². The van der Waals surface area contributed by atoms with Crippen molar-refractivity contribution < 1.29 is 23.8 Å². The molecular weight excluding hydrogens is 524 g/mol. The van der Waals surface area contributed by atoms with Crippen molar-refractivity contribution in [2.24, 2.45) is 5.10 Å². The molecule has 0 saturated heterocycles. The average Bonchev–Trinajstić information content (AvgIpc) is 3.43. The van der Waals surface area contributed by atoms with E-state index in [1.165, 1.54) is 24.6 Å². The van der Waals surface area contributed by atoms with Gasteiger partial charge in [0, 0.05) is 16.1 Å². The van der Waals surface area contributed by atoms with E-state index in [9.17, 15) is 14.7 Å². The molecule has 8 heteroatoms. The number of benzene rings is 3. The second-order valence-corrected chi connectivity index (χ2v) is 8.51. The number of halogens is 1. The van der Waals surface area contributed by atoms with Crippen LogP contribution in [0.25, 0.3) is 6.08 Å². The van der Waals surface area contributed by atoms with Crippen LogP contribution in [0.1, 0.15) is 22.5 Å². The van der Waals surface area contributed by atoms with Crippen LogP contribution in [0.2, 0.25) is 0 Å². The van der Waals surface area contributed by atoms with Crippen LogP contribution in [0.3, 0.4) is 0 Å². The number of hydrogen-bond acceptors (Lipinski definition) is 6. The number of aliphatic hydroxyl groups is 1. The molecule has 0 radical (unpaired) electrons. The first-order valence-electron chi connectivity index (χ1n) is 10.9. The number of carbonyl (C=O) groups is 2. The maximum Gasteiger partial charge on any atom is 0.336 e. The molecule has 7 nitrogen and oxygen atoms in total. The van der Waals surface area contributed by atoms with Crippen molar-refractivity contribution in [1.82, 2.24) is 5.43 Å². The quantitative estimate of drug-likeness (QED) is 0.106. The highest BCUT2D eigenvalue weighted by atomic mass is 79.9. The molecule has 180 valence electrons. The Morgan fingerprint density at radius 2 is 1.61 bits per heavy atom. The summed E-state index contributed by atoms with van der Waals surface area (Å²) in [6, 6.07) is 25.6. The van der Waals surface area contributed by atoms with E-state index >= 15 is 0 Å². The number of hydrogen-bond donors (Lipinski definition) is 2. The van der Waals surface area contributed by atoms with Gasteiger partial charge in [-0.2, -0.15) is 5.10 Å². The van der Waals surface area contributed by atoms with E-state index in [4.69, 9.17) is 9.15 Å². The van der Waals surface area contributed by atoms with Gasteiger partial charge in [-0.25, -0.2) is 10.2 Å². The van der Waals surface area contributed by atoms with Gasteiger partial charge in [0.25, 0.3) is 5.91 Å². The van der Waals surface area contributed by atoms with E-state index in [-0.39, 0.29) is 5.75 Å². The van der Waals surface area contributed by atoms with Crippen LogP contribution >= 0.6 is 15.9 Å². The lowest BCUT2D eigenvalue weighted by molar-refractivity contribution is -0.136. The normalized spacial score (nSPS) is 11.6. The van der Waals surface area contributed by atoms with E-state index in [0.717, 1.165) is 0 Å². The molecule has 0 aliphatic carbocycles. The summed E-state index contributed by atoms with van der Waals surface area (Å²) in [7, 11) is 0. The average molecular weight is 545 g/mol. The van der Waals surface area contributed by atoms with Crippen LogP contribution in [0.15, 0.2) is 117 Å². The third-order valence-corrected chi connectivity index (χ3v) is 5.68. The fraction of sp³-hybridized carbons (Fsp3) is 0.0357. The minimum atomic E-state index is -1.97. The van der Waals surface area contributed by atoms with Crippen molar-refractivity contribution in [2.75, 3.05) is 0 Å². The smallest absolute Gasteiger partial charge is 0.336 e. The monoisotopic (exact) mass is 544 g/mol. The molecular formula is C28H21BrN2O5. The summed E-state index contributed by atoms with van der Waals surface area (Å²) in [4.78, 5) is 25.5. The van der Waals surface area contributed by atoms with Gasteiger partial charge < -0.3 is 14.3 Å². The van der Waals surface area contributed by atoms with Crippen LogP contribution < -0.4 is 10.2 Å². The summed E-state index contributed by atoms with van der Waals surface area (Å²) >= 11 is 3.38. The molecule has 1 aromatic heterocycles. The zero-order chi connectivity index (χ0) is 25.4. The summed E-state index contributed by atoms with van der Waals surface area (Å²) in [5.74, 6) is -0.621. The van der Waals surface area contributed by atoms with Gasteiger partial charge in [0.05, 0.1) is 12.5 Å². The van der Waals surface area contributed by atoms with E-state index in [1.54, 1.807) is 91.0 Å². The van der Waals surface area contributed by atoms with Gasteiger partial charge in [-0.3, -0.25) is 4.79 Å². The number of nitrogens with one attached hydrogen (secondary N) is 1. The number of furan rings is 1. The number of rotatable bonds is 8. The molecule has 0 fully saturated rings. The Labute approximate surface area is 215 Å². The highest BCUT2D eigenvalue weighted by Gasteiger charge is 2.39. The summed E-state index contributed by atoms with van der Waals surface area (Å²) in [5, 5.41) is 15.5. The van der Waals surface area contributed by atoms with Crippen molar-refractivity contribution in [3.05, 3.63) is 130 Å². The van der Waals surface area contributed by atoms with Crippen LogP contribution in [0.4, 0.5) is 0 Å². The second kappa shape index (κ2) is 11.4. The first-order valence-corrected chi connectivity index (χ1v) is 11.7. The minimum absolute atomic E-state index is 0.228. The fourth-order valence-electron chi connectivity index (χ4n) is 3.42. The number of esters is 1. The number of hydrazone groups is 1. The predicted molar refractivity (Wildman–Crippen MR) is 139 cm³/mol. The Hall–Kier alpha value is -4.27. The van der Waals surface area contributed by atoms with Crippen molar-refractivity contribution in [1.29, 1.82) is 0 Å². The highest BCUT2D eigenvalue weighted by molar-refractivity contribution is 9.10. The predicted octanol–water partition coefficient (Wildman–Crippen LogP) is 5.05. The summed E-state index contributed by atoms with van der Waals surface area (Å²) < 4.78 is 11.3. The maximum atomic E-state index is 13.2. The summed E-state index contributed by atoms with van der Waals surface area (Å²) in [6.45, 7) is 0. The van der Waals surface area contributed by atoms with Crippen LogP contribution in [0, 0.1) is 0 Å². The first kappa shape index (κ1) is 24.8. The molecule has 0 aliphatic heterocycles. The molecule has 1 heterocycles. The summed E-state index contributed by atoms with van der Waals surface area (Å²) in [5.41, 5.74) is 1.65. The van der Waals surface area contributed by atoms with Gasteiger partial charge in [0.2, 0.25) is 0 Å². The molecule has 1 amide bonds. The molecule has 2 N–H and O–H groups in total. The van der Waals surface area contributed by atoms with Gasteiger partial charge in [0.1, 0.15) is 11.5 Å².